The summed E-state index contributed by atoms with van der Waals surface area (Å²) < 4.78 is 3.63. The van der Waals surface area contributed by atoms with E-state index < -0.39 is 0 Å². The van der Waals surface area contributed by atoms with Crippen molar-refractivity contribution in [2.24, 2.45) is 7.05 Å². The minimum atomic E-state index is -0.0579. The Bertz CT molecular complexity index is 924. The van der Waals surface area contributed by atoms with Crippen LogP contribution in [-0.2, 0) is 20.1 Å². The van der Waals surface area contributed by atoms with E-state index in [1.807, 2.05) is 55.9 Å². The molecule has 6 nitrogen and oxygen atoms in total. The number of amides is 1. The van der Waals surface area contributed by atoms with Crippen molar-refractivity contribution >= 4 is 17.5 Å². The summed E-state index contributed by atoms with van der Waals surface area (Å²) >= 11 is 6.14. The number of hydrogen-bond acceptors (Lipinski definition) is 3. The Balaban J connectivity index is 1.76. The van der Waals surface area contributed by atoms with Crippen LogP contribution in [0.5, 0.6) is 0 Å². The van der Waals surface area contributed by atoms with Crippen LogP contribution in [-0.4, -0.2) is 37.4 Å². The van der Waals surface area contributed by atoms with Crippen molar-refractivity contribution in [1.29, 1.82) is 0 Å². The standard InChI is InChI=1S/C19H22ClN5O/c1-13-8-14(2)25(22-13)11-15-6-5-7-16(9-15)19(26)23(3)12-18-17(20)10-21-24(18)4/h5-10H,11-12H2,1-4H3. The SMILES string of the molecule is Cc1cc(C)n(Cc2cccc(C(=O)N(C)Cc3c(Cl)cnn3C)c2)n1. The Morgan fingerprint density at radius 3 is 2.65 bits per heavy atom. The van der Waals surface area contributed by atoms with Gasteiger partial charge in [0.1, 0.15) is 0 Å². The fourth-order valence-corrected chi connectivity index (χ4v) is 3.17. The van der Waals surface area contributed by atoms with Crippen LogP contribution in [0.2, 0.25) is 5.02 Å². The van der Waals surface area contributed by atoms with Gasteiger partial charge in [0.25, 0.3) is 5.91 Å². The number of hydrogen-bond donors (Lipinski definition) is 0. The Hall–Kier alpha value is -2.60. The quantitative estimate of drug-likeness (QED) is 0.692. The Morgan fingerprint density at radius 2 is 2.04 bits per heavy atom. The molecule has 0 bridgehead atoms. The first kappa shape index (κ1) is 18.2. The average molecular weight is 372 g/mol. The van der Waals surface area contributed by atoms with Gasteiger partial charge in [-0.1, -0.05) is 23.7 Å². The van der Waals surface area contributed by atoms with E-state index in [9.17, 15) is 4.79 Å². The predicted molar refractivity (Wildman–Crippen MR) is 101 cm³/mol. The lowest BCUT2D eigenvalue weighted by Gasteiger charge is -2.18. The minimum Gasteiger partial charge on any atom is -0.336 e. The number of carbonyl (C=O) groups excluding carboxylic acids is 1. The molecule has 3 rings (SSSR count). The summed E-state index contributed by atoms with van der Waals surface area (Å²) in [6.07, 6.45) is 1.59. The van der Waals surface area contributed by atoms with Crippen LogP contribution in [0.4, 0.5) is 0 Å². The molecule has 26 heavy (non-hydrogen) atoms. The van der Waals surface area contributed by atoms with Crippen LogP contribution in [0, 0.1) is 13.8 Å². The Kier molecular flexibility index (Phi) is 5.13. The zero-order chi connectivity index (χ0) is 18.8. The molecule has 0 saturated heterocycles. The number of nitrogens with zero attached hydrogens (tertiary/aromatic N) is 5. The smallest absolute Gasteiger partial charge is 0.253 e. The first-order chi connectivity index (χ1) is 12.3. The van der Waals surface area contributed by atoms with Crippen molar-refractivity contribution < 1.29 is 4.79 Å². The maximum atomic E-state index is 12.8. The Labute approximate surface area is 158 Å². The normalized spacial score (nSPS) is 11.0. The molecule has 0 fully saturated rings. The van der Waals surface area contributed by atoms with Crippen LogP contribution in [0.15, 0.2) is 36.5 Å². The van der Waals surface area contributed by atoms with E-state index in [0.29, 0.717) is 23.7 Å². The van der Waals surface area contributed by atoms with Gasteiger partial charge in [0.05, 0.1) is 35.7 Å². The molecule has 0 saturated carbocycles. The van der Waals surface area contributed by atoms with Crippen molar-refractivity contribution in [2.75, 3.05) is 7.05 Å². The lowest BCUT2D eigenvalue weighted by Crippen LogP contribution is -2.27. The van der Waals surface area contributed by atoms with Gasteiger partial charge >= 0.3 is 0 Å². The molecule has 1 aromatic carbocycles. The summed E-state index contributed by atoms with van der Waals surface area (Å²) in [5.41, 5.74) is 4.57. The van der Waals surface area contributed by atoms with E-state index in [1.165, 1.54) is 0 Å². The van der Waals surface area contributed by atoms with Gasteiger partial charge in [-0.25, -0.2) is 0 Å². The summed E-state index contributed by atoms with van der Waals surface area (Å²) in [7, 11) is 3.58. The third kappa shape index (κ3) is 3.80. The highest BCUT2D eigenvalue weighted by molar-refractivity contribution is 6.31. The van der Waals surface area contributed by atoms with E-state index in [1.54, 1.807) is 22.8 Å². The number of carbonyl (C=O) groups is 1. The summed E-state index contributed by atoms with van der Waals surface area (Å²) in [6.45, 7) is 5.04. The van der Waals surface area contributed by atoms with Gasteiger partial charge in [-0.15, -0.1) is 0 Å². The highest BCUT2D eigenvalue weighted by atomic mass is 35.5. The van der Waals surface area contributed by atoms with Gasteiger partial charge in [-0.3, -0.25) is 14.2 Å². The molecule has 2 heterocycles. The molecule has 0 aliphatic heterocycles. The molecule has 0 aliphatic carbocycles. The summed E-state index contributed by atoms with van der Waals surface area (Å²) in [6, 6.07) is 9.69. The number of aromatic nitrogens is 4. The lowest BCUT2D eigenvalue weighted by atomic mass is 10.1. The molecule has 0 spiro atoms. The molecular weight excluding hydrogens is 350 g/mol. The first-order valence-corrected chi connectivity index (χ1v) is 8.75. The van der Waals surface area contributed by atoms with Gasteiger partial charge in [0.15, 0.2) is 0 Å². The maximum Gasteiger partial charge on any atom is 0.253 e. The first-order valence-electron chi connectivity index (χ1n) is 8.37. The van der Waals surface area contributed by atoms with Crippen LogP contribution < -0.4 is 0 Å². The second-order valence-electron chi connectivity index (χ2n) is 6.51. The average Bonchev–Trinajstić information content (AvgIpc) is 3.09. The fourth-order valence-electron chi connectivity index (χ4n) is 2.94. The molecule has 1 amide bonds. The number of halogens is 1. The van der Waals surface area contributed by atoms with Crippen molar-refractivity contribution in [3.8, 4) is 0 Å². The third-order valence-electron chi connectivity index (χ3n) is 4.35. The maximum absolute atomic E-state index is 12.8. The van der Waals surface area contributed by atoms with E-state index >= 15 is 0 Å². The highest BCUT2D eigenvalue weighted by Crippen LogP contribution is 2.17. The summed E-state index contributed by atoms with van der Waals surface area (Å²) in [5.74, 6) is -0.0579. The van der Waals surface area contributed by atoms with Crippen molar-refractivity contribution in [1.82, 2.24) is 24.5 Å². The van der Waals surface area contributed by atoms with Crippen molar-refractivity contribution in [2.45, 2.75) is 26.9 Å². The number of benzene rings is 1. The van der Waals surface area contributed by atoms with Crippen LogP contribution in [0.3, 0.4) is 0 Å². The van der Waals surface area contributed by atoms with Crippen molar-refractivity contribution in [3.63, 3.8) is 0 Å². The molecule has 0 aliphatic rings. The lowest BCUT2D eigenvalue weighted by molar-refractivity contribution is 0.0782. The van der Waals surface area contributed by atoms with E-state index in [4.69, 9.17) is 11.6 Å². The minimum absolute atomic E-state index is 0.0579. The molecule has 3 aromatic rings. The van der Waals surface area contributed by atoms with Crippen molar-refractivity contribution in [3.05, 3.63) is 69.8 Å². The topological polar surface area (TPSA) is 56.0 Å². The molecule has 136 valence electrons. The van der Waals surface area contributed by atoms with Crippen LogP contribution in [0.25, 0.3) is 0 Å². The molecule has 7 heteroatoms. The fraction of sp³-hybridized carbons (Fsp3) is 0.316. The van der Waals surface area contributed by atoms with Gasteiger partial charge in [0, 0.05) is 25.4 Å². The summed E-state index contributed by atoms with van der Waals surface area (Å²) in [5, 5.41) is 9.15. The van der Waals surface area contributed by atoms with Gasteiger partial charge < -0.3 is 4.90 Å². The number of rotatable bonds is 5. The monoisotopic (exact) mass is 371 g/mol. The van der Waals surface area contributed by atoms with Crippen LogP contribution >= 0.6 is 11.6 Å². The second-order valence-corrected chi connectivity index (χ2v) is 6.92. The molecule has 0 N–H and O–H groups in total. The molecule has 2 aromatic heterocycles. The largest absolute Gasteiger partial charge is 0.336 e. The zero-order valence-electron chi connectivity index (χ0n) is 15.4. The second kappa shape index (κ2) is 7.33. The Morgan fingerprint density at radius 1 is 1.27 bits per heavy atom. The van der Waals surface area contributed by atoms with Gasteiger partial charge in [-0.2, -0.15) is 10.2 Å². The predicted octanol–water partition coefficient (Wildman–Crippen LogP) is 3.21. The summed E-state index contributed by atoms with van der Waals surface area (Å²) in [4.78, 5) is 14.4. The van der Waals surface area contributed by atoms with Crippen LogP contribution in [0.1, 0.15) is 33.0 Å². The molecule has 0 atom stereocenters. The highest BCUT2D eigenvalue weighted by Gasteiger charge is 2.16. The van der Waals surface area contributed by atoms with E-state index in [-0.39, 0.29) is 5.91 Å². The molecular formula is C19H22ClN5O. The molecule has 0 unspecified atom stereocenters. The van der Waals surface area contributed by atoms with Gasteiger partial charge in [0.2, 0.25) is 0 Å². The molecule has 0 radical (unpaired) electrons. The third-order valence-corrected chi connectivity index (χ3v) is 4.67. The van der Waals surface area contributed by atoms with Gasteiger partial charge in [-0.05, 0) is 37.6 Å². The van der Waals surface area contributed by atoms with E-state index in [2.05, 4.69) is 10.2 Å². The zero-order valence-corrected chi connectivity index (χ0v) is 16.2. The number of aryl methyl sites for hydroxylation is 3. The van der Waals surface area contributed by atoms with E-state index in [0.717, 1.165) is 22.6 Å².